The molecule has 36 heavy (non-hydrogen) atoms. The van der Waals surface area contributed by atoms with Crippen LogP contribution in [0.2, 0.25) is 0 Å². The highest BCUT2D eigenvalue weighted by atomic mass is 16.2. The summed E-state index contributed by atoms with van der Waals surface area (Å²) in [5.41, 5.74) is 3.83. The molecule has 0 aromatic heterocycles. The molecule has 0 radical (unpaired) electrons. The number of rotatable bonds is 11. The summed E-state index contributed by atoms with van der Waals surface area (Å²) >= 11 is 0. The number of hydrogen-bond acceptors (Lipinski definition) is 2. The fourth-order valence-electron chi connectivity index (χ4n) is 5.92. The van der Waals surface area contributed by atoms with E-state index in [-0.39, 0.29) is 35.5 Å². The molecule has 4 rings (SSSR count). The molecule has 3 aromatic rings. The number of nitrogens with one attached hydrogen (secondary N) is 1. The molecule has 6 unspecified atom stereocenters. The molecule has 1 fully saturated rings. The third-order valence-electron chi connectivity index (χ3n) is 8.20. The van der Waals surface area contributed by atoms with Crippen molar-refractivity contribution in [1.82, 2.24) is 5.32 Å². The number of imide groups is 1. The van der Waals surface area contributed by atoms with Gasteiger partial charge in [0.25, 0.3) is 0 Å². The lowest BCUT2D eigenvalue weighted by atomic mass is 9.71. The summed E-state index contributed by atoms with van der Waals surface area (Å²) < 4.78 is 0. The van der Waals surface area contributed by atoms with Gasteiger partial charge in [0.05, 0.1) is 5.92 Å². The smallest absolute Gasteiger partial charge is 0.231 e. The van der Waals surface area contributed by atoms with Gasteiger partial charge in [-0.15, -0.1) is 0 Å². The fourth-order valence-corrected chi connectivity index (χ4v) is 5.92. The standard InChI is InChI=1S/C33H39NO2/c1-4-23(2)20-28(25-14-8-5-9-15-25)21-29(26-16-10-6-11-17-26)22-30(27-18-12-7-13-19-27)31-24(3)32(35)34-33(31)36/h5-19,23-24,28-31H,4,20-22H2,1-3H3,(H,34,35,36). The van der Waals surface area contributed by atoms with Gasteiger partial charge in [0.2, 0.25) is 11.8 Å². The minimum Gasteiger partial charge on any atom is -0.296 e. The van der Waals surface area contributed by atoms with Gasteiger partial charge < -0.3 is 0 Å². The first kappa shape index (κ1) is 25.9. The lowest BCUT2D eigenvalue weighted by molar-refractivity contribution is -0.126. The van der Waals surface area contributed by atoms with Crippen LogP contribution in [0.5, 0.6) is 0 Å². The summed E-state index contributed by atoms with van der Waals surface area (Å²) in [4.78, 5) is 25.5. The average Bonchev–Trinajstić information content (AvgIpc) is 3.17. The Kier molecular flexibility index (Phi) is 8.74. The Hall–Kier alpha value is -3.20. The summed E-state index contributed by atoms with van der Waals surface area (Å²) in [7, 11) is 0. The van der Waals surface area contributed by atoms with Gasteiger partial charge in [0, 0.05) is 5.92 Å². The van der Waals surface area contributed by atoms with Crippen LogP contribution in [-0.4, -0.2) is 11.8 Å². The van der Waals surface area contributed by atoms with Crippen molar-refractivity contribution in [2.45, 2.75) is 64.2 Å². The van der Waals surface area contributed by atoms with E-state index in [0.29, 0.717) is 11.8 Å². The Morgan fingerprint density at radius 2 is 1.14 bits per heavy atom. The minimum absolute atomic E-state index is 0.0297. The molecular formula is C33H39NO2. The van der Waals surface area contributed by atoms with Crippen molar-refractivity contribution in [3.63, 3.8) is 0 Å². The topological polar surface area (TPSA) is 46.2 Å². The maximum absolute atomic E-state index is 13.0. The number of carbonyl (C=O) groups excluding carboxylic acids is 2. The molecule has 2 amide bonds. The van der Waals surface area contributed by atoms with Crippen molar-refractivity contribution in [3.05, 3.63) is 108 Å². The van der Waals surface area contributed by atoms with Crippen LogP contribution in [0.25, 0.3) is 0 Å². The summed E-state index contributed by atoms with van der Waals surface area (Å²) in [5, 5.41) is 2.60. The third-order valence-corrected chi connectivity index (χ3v) is 8.20. The largest absolute Gasteiger partial charge is 0.296 e. The normalized spacial score (nSPS) is 21.0. The van der Waals surface area contributed by atoms with Crippen LogP contribution in [0.15, 0.2) is 91.0 Å². The molecule has 0 bridgehead atoms. The van der Waals surface area contributed by atoms with Crippen molar-refractivity contribution in [2.75, 3.05) is 0 Å². The number of hydrogen-bond donors (Lipinski definition) is 1. The molecule has 3 nitrogen and oxygen atoms in total. The molecule has 0 spiro atoms. The van der Waals surface area contributed by atoms with Crippen molar-refractivity contribution in [1.29, 1.82) is 0 Å². The van der Waals surface area contributed by atoms with Gasteiger partial charge >= 0.3 is 0 Å². The van der Waals surface area contributed by atoms with Gasteiger partial charge in [-0.1, -0.05) is 118 Å². The average molecular weight is 482 g/mol. The highest BCUT2D eigenvalue weighted by molar-refractivity contribution is 6.05. The van der Waals surface area contributed by atoms with Crippen molar-refractivity contribution >= 4 is 11.8 Å². The molecule has 1 saturated heterocycles. The summed E-state index contributed by atoms with van der Waals surface area (Å²) in [6.45, 7) is 6.51. The van der Waals surface area contributed by atoms with E-state index in [4.69, 9.17) is 0 Å². The Balaban J connectivity index is 1.72. The highest BCUT2D eigenvalue weighted by Gasteiger charge is 2.44. The van der Waals surface area contributed by atoms with Crippen LogP contribution in [0.3, 0.4) is 0 Å². The first-order valence-electron chi connectivity index (χ1n) is 13.5. The van der Waals surface area contributed by atoms with Gasteiger partial charge in [-0.2, -0.15) is 0 Å². The maximum atomic E-state index is 13.0. The van der Waals surface area contributed by atoms with E-state index in [0.717, 1.165) is 31.2 Å². The van der Waals surface area contributed by atoms with Crippen LogP contribution in [0, 0.1) is 17.8 Å². The lowest BCUT2D eigenvalue weighted by Crippen LogP contribution is -2.27. The summed E-state index contributed by atoms with van der Waals surface area (Å²) in [5.74, 6) is 0.335. The van der Waals surface area contributed by atoms with Crippen molar-refractivity contribution < 1.29 is 9.59 Å². The third kappa shape index (κ3) is 6.13. The quantitative estimate of drug-likeness (QED) is 0.289. The molecule has 3 aromatic carbocycles. The van der Waals surface area contributed by atoms with Gasteiger partial charge in [-0.05, 0) is 59.6 Å². The molecule has 188 valence electrons. The van der Waals surface area contributed by atoms with Crippen molar-refractivity contribution in [3.8, 4) is 0 Å². The Labute approximate surface area is 216 Å². The van der Waals surface area contributed by atoms with E-state index in [1.807, 2.05) is 25.1 Å². The zero-order valence-corrected chi connectivity index (χ0v) is 21.8. The summed E-state index contributed by atoms with van der Waals surface area (Å²) in [6.07, 6.45) is 4.14. The number of benzene rings is 3. The molecular weight excluding hydrogens is 442 g/mol. The lowest BCUT2D eigenvalue weighted by Gasteiger charge is -2.32. The zero-order chi connectivity index (χ0) is 25.5. The molecule has 1 aliphatic heterocycles. The SMILES string of the molecule is CCC(C)CC(CC(CC(c1ccccc1)C1C(=O)NC(=O)C1C)c1ccccc1)c1ccccc1. The fraction of sp³-hybridized carbons (Fsp3) is 0.394. The maximum Gasteiger partial charge on any atom is 0.231 e. The molecule has 1 heterocycles. The Bertz CT molecular complexity index is 1110. The van der Waals surface area contributed by atoms with Gasteiger partial charge in [0.15, 0.2) is 0 Å². The molecule has 1 N–H and O–H groups in total. The number of amides is 2. The van der Waals surface area contributed by atoms with Crippen LogP contribution in [0.1, 0.15) is 80.9 Å². The molecule has 3 heteroatoms. The predicted octanol–water partition coefficient (Wildman–Crippen LogP) is 7.46. The first-order valence-corrected chi connectivity index (χ1v) is 13.5. The molecule has 1 aliphatic rings. The zero-order valence-electron chi connectivity index (χ0n) is 21.8. The number of carbonyl (C=O) groups is 2. The van der Waals surface area contributed by atoms with E-state index in [1.54, 1.807) is 0 Å². The second-order valence-electron chi connectivity index (χ2n) is 10.6. The molecule has 0 saturated carbocycles. The van der Waals surface area contributed by atoms with Crippen LogP contribution in [0.4, 0.5) is 0 Å². The predicted molar refractivity (Wildman–Crippen MR) is 147 cm³/mol. The monoisotopic (exact) mass is 481 g/mol. The Morgan fingerprint density at radius 3 is 1.58 bits per heavy atom. The molecule has 6 atom stereocenters. The van der Waals surface area contributed by atoms with Crippen molar-refractivity contribution in [2.24, 2.45) is 17.8 Å². The van der Waals surface area contributed by atoms with Crippen LogP contribution >= 0.6 is 0 Å². The van der Waals surface area contributed by atoms with E-state index in [2.05, 4.69) is 92.0 Å². The first-order chi connectivity index (χ1) is 17.5. The summed E-state index contributed by atoms with van der Waals surface area (Å²) in [6, 6.07) is 31.9. The highest BCUT2D eigenvalue weighted by Crippen LogP contribution is 2.44. The molecule has 0 aliphatic carbocycles. The van der Waals surface area contributed by atoms with Gasteiger partial charge in [-0.3, -0.25) is 14.9 Å². The second kappa shape index (κ2) is 12.2. The van der Waals surface area contributed by atoms with Crippen LogP contribution < -0.4 is 5.32 Å². The van der Waals surface area contributed by atoms with Crippen LogP contribution in [-0.2, 0) is 9.59 Å². The van der Waals surface area contributed by atoms with E-state index >= 15 is 0 Å². The Morgan fingerprint density at radius 1 is 0.667 bits per heavy atom. The van der Waals surface area contributed by atoms with Gasteiger partial charge in [0.1, 0.15) is 0 Å². The minimum atomic E-state index is -0.351. The van der Waals surface area contributed by atoms with E-state index in [9.17, 15) is 9.59 Å². The second-order valence-corrected chi connectivity index (χ2v) is 10.6. The van der Waals surface area contributed by atoms with E-state index in [1.165, 1.54) is 11.1 Å². The van der Waals surface area contributed by atoms with E-state index < -0.39 is 0 Å². The van der Waals surface area contributed by atoms with Gasteiger partial charge in [-0.25, -0.2) is 0 Å².